The third-order valence-electron chi connectivity index (χ3n) is 4.16. The summed E-state index contributed by atoms with van der Waals surface area (Å²) in [6.45, 7) is 4.05. The minimum absolute atomic E-state index is 0. The summed E-state index contributed by atoms with van der Waals surface area (Å²) in [6, 6.07) is 17.4. The van der Waals surface area contributed by atoms with Crippen LogP contribution in [0.2, 0.25) is 0 Å². The molecule has 1 fully saturated rings. The molecular weight excluding hydrogens is 352 g/mol. The van der Waals surface area contributed by atoms with Gasteiger partial charge >= 0.3 is 0 Å². The van der Waals surface area contributed by atoms with E-state index in [1.807, 2.05) is 61.5 Å². The second kappa shape index (κ2) is 10.2. The van der Waals surface area contributed by atoms with Crippen LogP contribution in [0.1, 0.15) is 24.9 Å². The quantitative estimate of drug-likeness (QED) is 0.810. The maximum Gasteiger partial charge on any atom is 0.222 e. The van der Waals surface area contributed by atoms with E-state index >= 15 is 0 Å². The highest BCUT2D eigenvalue weighted by molar-refractivity contribution is 5.85. The molecule has 1 aliphatic heterocycles. The van der Waals surface area contributed by atoms with Crippen molar-refractivity contribution in [3.8, 4) is 11.5 Å². The largest absolute Gasteiger partial charge is 0.457 e. The number of ether oxygens (including phenoxy) is 2. The van der Waals surface area contributed by atoms with Crippen LogP contribution in [0.25, 0.3) is 0 Å². The zero-order chi connectivity index (χ0) is 17.5. The number of carbonyl (C=O) groups is 1. The van der Waals surface area contributed by atoms with Gasteiger partial charge in [-0.1, -0.05) is 36.4 Å². The fraction of sp³-hybridized carbons (Fsp3) is 0.350. The minimum atomic E-state index is -0.142. The van der Waals surface area contributed by atoms with E-state index in [1.54, 1.807) is 0 Å². The summed E-state index contributed by atoms with van der Waals surface area (Å²) in [5.74, 6) is 1.53. The Morgan fingerprint density at radius 1 is 1.23 bits per heavy atom. The van der Waals surface area contributed by atoms with Gasteiger partial charge in [0, 0.05) is 24.6 Å². The van der Waals surface area contributed by atoms with E-state index in [0.29, 0.717) is 19.6 Å². The molecule has 6 heteroatoms. The third kappa shape index (κ3) is 5.73. The van der Waals surface area contributed by atoms with E-state index in [2.05, 4.69) is 10.6 Å². The van der Waals surface area contributed by atoms with E-state index < -0.39 is 0 Å². The molecule has 0 spiro atoms. The number of amides is 1. The van der Waals surface area contributed by atoms with E-state index in [9.17, 15) is 4.79 Å². The first-order valence-corrected chi connectivity index (χ1v) is 8.64. The van der Waals surface area contributed by atoms with Gasteiger partial charge in [0.25, 0.3) is 0 Å². The van der Waals surface area contributed by atoms with Crippen LogP contribution in [0, 0.1) is 0 Å². The Morgan fingerprint density at radius 2 is 1.96 bits per heavy atom. The molecule has 2 aromatic rings. The number of hydrogen-bond acceptors (Lipinski definition) is 4. The van der Waals surface area contributed by atoms with Gasteiger partial charge in [0.1, 0.15) is 11.5 Å². The normalized spacial score (nSPS) is 17.7. The molecular formula is C20H25ClN2O3. The summed E-state index contributed by atoms with van der Waals surface area (Å²) in [6.07, 6.45) is 0.409. The topological polar surface area (TPSA) is 59.6 Å². The number of hydrogen-bond donors (Lipinski definition) is 2. The highest BCUT2D eigenvalue weighted by Gasteiger charge is 2.19. The standard InChI is InChI=1S/C20H24N2O3.ClH/c1-15(22-20(23)13-16-14-24-12-11-21-16)18-9-5-6-10-19(18)25-17-7-3-2-4-8-17;/h2-10,15-16,21H,11-14H2,1H3,(H,22,23);1H. The molecule has 0 saturated carbocycles. The molecule has 2 unspecified atom stereocenters. The molecule has 2 atom stereocenters. The first-order valence-electron chi connectivity index (χ1n) is 8.64. The maximum absolute atomic E-state index is 12.3. The van der Waals surface area contributed by atoms with Crippen molar-refractivity contribution in [3.63, 3.8) is 0 Å². The van der Waals surface area contributed by atoms with Gasteiger partial charge in [0.05, 0.1) is 19.3 Å². The highest BCUT2D eigenvalue weighted by atomic mass is 35.5. The van der Waals surface area contributed by atoms with Crippen molar-refractivity contribution in [2.24, 2.45) is 0 Å². The van der Waals surface area contributed by atoms with Crippen LogP contribution >= 0.6 is 12.4 Å². The molecule has 1 saturated heterocycles. The van der Waals surface area contributed by atoms with Crippen molar-refractivity contribution in [2.75, 3.05) is 19.8 Å². The van der Waals surface area contributed by atoms with Crippen molar-refractivity contribution in [2.45, 2.75) is 25.4 Å². The molecule has 1 aliphatic rings. The molecule has 0 radical (unpaired) electrons. The van der Waals surface area contributed by atoms with E-state index in [4.69, 9.17) is 9.47 Å². The average Bonchev–Trinajstić information content (AvgIpc) is 2.63. The summed E-state index contributed by atoms with van der Waals surface area (Å²) in [5, 5.41) is 6.35. The fourth-order valence-corrected chi connectivity index (χ4v) is 2.90. The van der Waals surface area contributed by atoms with Crippen LogP contribution < -0.4 is 15.4 Å². The van der Waals surface area contributed by atoms with Crippen molar-refractivity contribution >= 4 is 18.3 Å². The molecule has 0 aromatic heterocycles. The number of para-hydroxylation sites is 2. The predicted octanol–water partition coefficient (Wildman–Crippen LogP) is 3.46. The van der Waals surface area contributed by atoms with Crippen molar-refractivity contribution in [1.29, 1.82) is 0 Å². The van der Waals surface area contributed by atoms with Crippen LogP contribution in [0.15, 0.2) is 54.6 Å². The summed E-state index contributed by atoms with van der Waals surface area (Å²) >= 11 is 0. The fourth-order valence-electron chi connectivity index (χ4n) is 2.90. The summed E-state index contributed by atoms with van der Waals surface area (Å²) < 4.78 is 11.4. The zero-order valence-electron chi connectivity index (χ0n) is 14.8. The molecule has 2 N–H and O–H groups in total. The lowest BCUT2D eigenvalue weighted by Gasteiger charge is -2.24. The number of nitrogens with one attached hydrogen (secondary N) is 2. The Labute approximate surface area is 160 Å². The lowest BCUT2D eigenvalue weighted by Crippen LogP contribution is -2.44. The third-order valence-corrected chi connectivity index (χ3v) is 4.16. The van der Waals surface area contributed by atoms with E-state index in [1.165, 1.54) is 0 Å². The lowest BCUT2D eigenvalue weighted by atomic mass is 10.1. The molecule has 0 aliphatic carbocycles. The number of rotatable bonds is 6. The Hall–Kier alpha value is -2.08. The van der Waals surface area contributed by atoms with Crippen LogP contribution in [-0.4, -0.2) is 31.7 Å². The van der Waals surface area contributed by atoms with Crippen LogP contribution in [0.3, 0.4) is 0 Å². The van der Waals surface area contributed by atoms with Crippen LogP contribution in [-0.2, 0) is 9.53 Å². The first-order chi connectivity index (χ1) is 12.2. The second-order valence-corrected chi connectivity index (χ2v) is 6.17. The van der Waals surface area contributed by atoms with Gasteiger partial charge in [-0.2, -0.15) is 0 Å². The zero-order valence-corrected chi connectivity index (χ0v) is 15.6. The minimum Gasteiger partial charge on any atom is -0.457 e. The first kappa shape index (κ1) is 20.2. The Bertz CT molecular complexity index is 690. The monoisotopic (exact) mass is 376 g/mol. The van der Waals surface area contributed by atoms with Crippen molar-refractivity contribution in [3.05, 3.63) is 60.2 Å². The summed E-state index contributed by atoms with van der Waals surface area (Å²) in [7, 11) is 0. The van der Waals surface area contributed by atoms with Crippen molar-refractivity contribution in [1.82, 2.24) is 10.6 Å². The van der Waals surface area contributed by atoms with Crippen molar-refractivity contribution < 1.29 is 14.3 Å². The predicted molar refractivity (Wildman–Crippen MR) is 104 cm³/mol. The molecule has 2 aromatic carbocycles. The van der Waals surface area contributed by atoms with E-state index in [0.717, 1.165) is 23.6 Å². The van der Waals surface area contributed by atoms with Gasteiger partial charge in [-0.15, -0.1) is 12.4 Å². The number of benzene rings is 2. The van der Waals surface area contributed by atoms with E-state index in [-0.39, 0.29) is 30.4 Å². The molecule has 26 heavy (non-hydrogen) atoms. The SMILES string of the molecule is CC(NC(=O)CC1COCCN1)c1ccccc1Oc1ccccc1.Cl. The summed E-state index contributed by atoms with van der Waals surface area (Å²) in [5.41, 5.74) is 0.951. The van der Waals surface area contributed by atoms with Gasteiger partial charge in [0.2, 0.25) is 5.91 Å². The Morgan fingerprint density at radius 3 is 2.69 bits per heavy atom. The molecule has 140 valence electrons. The molecule has 0 bridgehead atoms. The number of carbonyl (C=O) groups excluding carboxylic acids is 1. The van der Waals surface area contributed by atoms with Gasteiger partial charge in [0.15, 0.2) is 0 Å². The molecule has 1 heterocycles. The van der Waals surface area contributed by atoms with Gasteiger partial charge in [-0.3, -0.25) is 4.79 Å². The Balaban J connectivity index is 0.00000243. The van der Waals surface area contributed by atoms with Crippen LogP contribution in [0.5, 0.6) is 11.5 Å². The van der Waals surface area contributed by atoms with Gasteiger partial charge in [-0.05, 0) is 25.1 Å². The summed E-state index contributed by atoms with van der Waals surface area (Å²) in [4.78, 5) is 12.3. The van der Waals surface area contributed by atoms with Crippen LogP contribution in [0.4, 0.5) is 0 Å². The second-order valence-electron chi connectivity index (χ2n) is 6.17. The maximum atomic E-state index is 12.3. The number of halogens is 1. The molecule has 3 rings (SSSR count). The Kier molecular flexibility index (Phi) is 7.91. The smallest absolute Gasteiger partial charge is 0.222 e. The number of morpholine rings is 1. The van der Waals surface area contributed by atoms with Gasteiger partial charge < -0.3 is 20.1 Å². The molecule has 5 nitrogen and oxygen atoms in total. The average molecular weight is 377 g/mol. The lowest BCUT2D eigenvalue weighted by molar-refractivity contribution is -0.122. The highest BCUT2D eigenvalue weighted by Crippen LogP contribution is 2.29. The molecule has 1 amide bonds. The van der Waals surface area contributed by atoms with Gasteiger partial charge in [-0.25, -0.2) is 0 Å².